The lowest BCUT2D eigenvalue weighted by molar-refractivity contribution is 0.131. The number of aryl methyl sites for hydroxylation is 2. The van der Waals surface area contributed by atoms with Gasteiger partial charge in [-0.15, -0.1) is 0 Å². The first kappa shape index (κ1) is 38.6. The average molecular weight is 815 g/mol. The van der Waals surface area contributed by atoms with Crippen LogP contribution in [-0.4, -0.2) is 43.0 Å². The lowest BCUT2D eigenvalue weighted by Gasteiger charge is -2.36. The van der Waals surface area contributed by atoms with Crippen molar-refractivity contribution in [1.29, 1.82) is 0 Å². The average Bonchev–Trinajstić information content (AvgIpc) is 3.46. The van der Waals surface area contributed by atoms with E-state index in [0.29, 0.717) is 51.5 Å². The van der Waals surface area contributed by atoms with Crippen molar-refractivity contribution in [3.8, 4) is 50.9 Å². The monoisotopic (exact) mass is 814 g/mol. The Balaban J connectivity index is 0.921. The van der Waals surface area contributed by atoms with Crippen LogP contribution in [0.15, 0.2) is 164 Å². The number of allylic oxidation sites excluding steroid dienone is 4. The predicted octanol–water partition coefficient (Wildman–Crippen LogP) is 12.6. The summed E-state index contributed by atoms with van der Waals surface area (Å²) in [5.74, 6) is 1.51. The summed E-state index contributed by atoms with van der Waals surface area (Å²) in [5, 5.41) is 26.5. The number of phenolic OH excluding ortho intramolecular Hbond substituents is 2. The van der Waals surface area contributed by atoms with Crippen LogP contribution < -0.4 is 14.4 Å². The molecular weight excluding hydrogens is 769 g/mol. The van der Waals surface area contributed by atoms with Gasteiger partial charge < -0.3 is 29.2 Å². The molecule has 2 unspecified atom stereocenters. The quantitative estimate of drug-likeness (QED) is 0.142. The second-order valence-corrected chi connectivity index (χ2v) is 16.3. The van der Waals surface area contributed by atoms with Crippen molar-refractivity contribution in [2.24, 2.45) is 0 Å². The highest BCUT2D eigenvalue weighted by Gasteiger charge is 2.30. The largest absolute Gasteiger partial charge is 0.505 e. The van der Waals surface area contributed by atoms with Gasteiger partial charge in [0.1, 0.15) is 23.0 Å². The molecule has 4 heterocycles. The number of phenols is 2. The van der Waals surface area contributed by atoms with Crippen LogP contribution >= 0.6 is 0 Å². The van der Waals surface area contributed by atoms with Gasteiger partial charge in [0.15, 0.2) is 0 Å². The molecule has 0 spiro atoms. The van der Waals surface area contributed by atoms with Crippen LogP contribution in [0.3, 0.4) is 0 Å². The zero-order chi connectivity index (χ0) is 42.5. The van der Waals surface area contributed by atoms with E-state index in [-0.39, 0.29) is 29.7 Å². The maximum absolute atomic E-state index is 12.2. The Bertz CT molecular complexity index is 3070. The lowest BCUT2D eigenvalue weighted by atomic mass is 9.93. The third-order valence-corrected chi connectivity index (χ3v) is 11.8. The molecule has 3 atom stereocenters. The van der Waals surface area contributed by atoms with Crippen LogP contribution in [0.4, 0.5) is 11.4 Å². The second kappa shape index (κ2) is 15.8. The zero-order valence-corrected chi connectivity index (χ0v) is 35.0. The summed E-state index contributed by atoms with van der Waals surface area (Å²) >= 11 is 0. The van der Waals surface area contributed by atoms with E-state index in [0.717, 1.165) is 49.8 Å². The maximum Gasteiger partial charge on any atom is 0.147 e. The summed E-state index contributed by atoms with van der Waals surface area (Å²) in [6.07, 6.45) is 17.5. The van der Waals surface area contributed by atoms with Gasteiger partial charge in [-0.25, -0.2) is 0 Å². The molecule has 8 aromatic rings. The number of rotatable bonds is 10. The highest BCUT2D eigenvalue weighted by Crippen LogP contribution is 2.49. The molecule has 3 aromatic heterocycles. The van der Waals surface area contributed by atoms with Crippen molar-refractivity contribution in [2.75, 3.05) is 4.90 Å². The SMILES string of the molecule is Cc1cc(-c2cnccc2OC(C)C[C@H](C)Oc2ccncc2-c2cc(C)cc(-n3c4ccccc4c4ccccc43)c2O)c(O)c(N2c3ccccc3C3=CC2C=CC=C3)c1. The van der Waals surface area contributed by atoms with Gasteiger partial charge in [-0.1, -0.05) is 78.9 Å². The number of nitrogens with zero attached hydrogens (tertiary/aromatic N) is 4. The minimum absolute atomic E-state index is 0.0838. The van der Waals surface area contributed by atoms with E-state index in [2.05, 4.69) is 86.2 Å². The molecule has 306 valence electrons. The summed E-state index contributed by atoms with van der Waals surface area (Å²) in [5.41, 5.74) is 11.4. The number of fused-ring (bicyclic) bond motifs is 6. The molecule has 2 aliphatic rings. The van der Waals surface area contributed by atoms with Crippen LogP contribution in [0.5, 0.6) is 23.0 Å². The normalized spacial score (nSPS) is 15.3. The van der Waals surface area contributed by atoms with E-state index in [1.807, 2.05) is 100 Å². The molecule has 8 nitrogen and oxygen atoms in total. The highest BCUT2D eigenvalue weighted by atomic mass is 16.5. The number of pyridine rings is 2. The maximum atomic E-state index is 12.2. The molecule has 0 saturated carbocycles. The first-order chi connectivity index (χ1) is 30.2. The summed E-state index contributed by atoms with van der Waals surface area (Å²) in [6, 6.07) is 36.5. The number of aromatic hydroxyl groups is 2. The van der Waals surface area contributed by atoms with E-state index >= 15 is 0 Å². The minimum atomic E-state index is -0.279. The van der Waals surface area contributed by atoms with Crippen molar-refractivity contribution in [3.63, 3.8) is 0 Å². The standard InChI is InChI=1S/C54H46N4O4/c1-33-25-42(53(59)49(27-33)57-38-14-6-5-13-37(30-38)39-15-7-10-18-46(39)57)44-31-55-23-21-51(44)61-35(3)29-36(4)62-52-22-24-56-32-45(52)43-26-34(2)28-50(54(43)60)58-47-19-11-8-16-40(47)41-17-9-12-20-48(41)58/h5-28,30-32,35-36,38,59-60H,29H2,1-4H3/t35?,36-,38?/m0/s1. The fourth-order valence-electron chi connectivity index (χ4n) is 9.19. The Morgan fingerprint density at radius 3 is 1.77 bits per heavy atom. The molecule has 1 aliphatic heterocycles. The zero-order valence-electron chi connectivity index (χ0n) is 35.0. The summed E-state index contributed by atoms with van der Waals surface area (Å²) in [7, 11) is 0. The number of para-hydroxylation sites is 3. The minimum Gasteiger partial charge on any atom is -0.505 e. The van der Waals surface area contributed by atoms with Crippen molar-refractivity contribution < 1.29 is 19.7 Å². The van der Waals surface area contributed by atoms with Gasteiger partial charge in [-0.3, -0.25) is 9.97 Å². The molecule has 0 radical (unpaired) electrons. The Kier molecular flexibility index (Phi) is 9.83. The molecule has 8 heteroatoms. The van der Waals surface area contributed by atoms with Crippen molar-refractivity contribution in [1.82, 2.24) is 14.5 Å². The van der Waals surface area contributed by atoms with E-state index in [1.54, 1.807) is 24.8 Å². The molecule has 0 amide bonds. The molecule has 10 rings (SSSR count). The number of hydrogen-bond acceptors (Lipinski definition) is 7. The first-order valence-electron chi connectivity index (χ1n) is 21.1. The third kappa shape index (κ3) is 6.83. The van der Waals surface area contributed by atoms with Crippen LogP contribution in [0.25, 0.3) is 55.3 Å². The number of ether oxygens (including phenoxy) is 2. The van der Waals surface area contributed by atoms with Crippen LogP contribution in [-0.2, 0) is 0 Å². The van der Waals surface area contributed by atoms with Gasteiger partial charge in [-0.05, 0) is 105 Å². The Morgan fingerprint density at radius 1 is 0.597 bits per heavy atom. The van der Waals surface area contributed by atoms with Gasteiger partial charge in [0.2, 0.25) is 0 Å². The summed E-state index contributed by atoms with van der Waals surface area (Å²) in [4.78, 5) is 11.1. The first-order valence-corrected chi connectivity index (χ1v) is 21.1. The predicted molar refractivity (Wildman–Crippen MR) is 250 cm³/mol. The Hall–Kier alpha value is -7.58. The second-order valence-electron chi connectivity index (χ2n) is 16.3. The van der Waals surface area contributed by atoms with Crippen LogP contribution in [0.1, 0.15) is 37.0 Å². The number of anilines is 2. The number of hydrogen-bond donors (Lipinski definition) is 2. The van der Waals surface area contributed by atoms with E-state index in [1.165, 1.54) is 0 Å². The summed E-state index contributed by atoms with van der Waals surface area (Å²) in [6.45, 7) is 8.12. The van der Waals surface area contributed by atoms with Gasteiger partial charge in [0.05, 0.1) is 40.7 Å². The molecule has 62 heavy (non-hydrogen) atoms. The van der Waals surface area contributed by atoms with Crippen molar-refractivity contribution in [2.45, 2.75) is 52.4 Å². The number of aromatic nitrogens is 3. The molecular formula is C54H46N4O4. The van der Waals surface area contributed by atoms with Gasteiger partial charge in [-0.2, -0.15) is 0 Å². The van der Waals surface area contributed by atoms with Crippen LogP contribution in [0, 0.1) is 13.8 Å². The molecule has 0 saturated heterocycles. The van der Waals surface area contributed by atoms with Gasteiger partial charge >= 0.3 is 0 Å². The number of benzene rings is 5. The Morgan fingerprint density at radius 2 is 1.15 bits per heavy atom. The fraction of sp³-hybridized carbons (Fsp3) is 0.148. The van der Waals surface area contributed by atoms with Gasteiger partial charge in [0, 0.05) is 75.5 Å². The Labute approximate surface area is 361 Å². The van der Waals surface area contributed by atoms with Crippen molar-refractivity contribution >= 4 is 38.8 Å². The van der Waals surface area contributed by atoms with Gasteiger partial charge in [0.25, 0.3) is 0 Å². The fourth-order valence-corrected chi connectivity index (χ4v) is 9.19. The van der Waals surface area contributed by atoms with E-state index in [9.17, 15) is 10.2 Å². The third-order valence-electron chi connectivity index (χ3n) is 11.8. The topological polar surface area (TPSA) is 92.9 Å². The molecule has 1 aliphatic carbocycles. The summed E-state index contributed by atoms with van der Waals surface area (Å²) < 4.78 is 15.5. The van der Waals surface area contributed by atoms with E-state index < -0.39 is 0 Å². The highest BCUT2D eigenvalue weighted by molar-refractivity contribution is 6.09. The molecule has 2 N–H and O–H groups in total. The van der Waals surface area contributed by atoms with E-state index in [4.69, 9.17) is 9.47 Å². The lowest BCUT2D eigenvalue weighted by Crippen LogP contribution is -2.31. The van der Waals surface area contributed by atoms with Crippen molar-refractivity contribution in [3.05, 3.63) is 181 Å². The molecule has 0 fully saturated rings. The van der Waals surface area contributed by atoms with Crippen LogP contribution in [0.2, 0.25) is 0 Å². The molecule has 5 aromatic carbocycles. The smallest absolute Gasteiger partial charge is 0.147 e. The molecule has 2 bridgehead atoms.